The standard InChI is InChI=1S/C21H19NO3/c23-21(13-6-2-1-3-7-13)14-8-4-5-9-16-20(14)15-10-18-19(25-12-24-18)11-17(15)22-16/h1-3,6-7,10-11,14,22H,4-5,8-9,12H2. The predicted molar refractivity (Wildman–Crippen MR) is 95.5 cm³/mol. The Morgan fingerprint density at radius 2 is 1.84 bits per heavy atom. The number of ketones is 1. The van der Waals surface area contributed by atoms with E-state index in [1.54, 1.807) is 0 Å². The second kappa shape index (κ2) is 5.66. The number of nitrogens with one attached hydrogen (secondary N) is 1. The van der Waals surface area contributed by atoms with Gasteiger partial charge in [0.15, 0.2) is 17.3 Å². The van der Waals surface area contributed by atoms with E-state index in [0.717, 1.165) is 59.2 Å². The molecule has 1 aliphatic heterocycles. The van der Waals surface area contributed by atoms with E-state index >= 15 is 0 Å². The second-order valence-corrected chi connectivity index (χ2v) is 6.80. The third kappa shape index (κ3) is 2.32. The van der Waals surface area contributed by atoms with Gasteiger partial charge in [-0.1, -0.05) is 36.8 Å². The summed E-state index contributed by atoms with van der Waals surface area (Å²) in [7, 11) is 0. The Morgan fingerprint density at radius 1 is 1.04 bits per heavy atom. The summed E-state index contributed by atoms with van der Waals surface area (Å²) in [6.07, 6.45) is 4.04. The zero-order valence-electron chi connectivity index (χ0n) is 13.9. The Bertz CT molecular complexity index is 958. The molecule has 1 N–H and O–H groups in total. The number of rotatable bonds is 2. The zero-order valence-corrected chi connectivity index (χ0v) is 13.9. The van der Waals surface area contributed by atoms with Gasteiger partial charge in [-0.15, -0.1) is 0 Å². The number of carbonyl (C=O) groups is 1. The summed E-state index contributed by atoms with van der Waals surface area (Å²) in [5.41, 5.74) is 4.16. The van der Waals surface area contributed by atoms with Gasteiger partial charge in [0.1, 0.15) is 0 Å². The number of benzene rings is 2. The molecule has 0 amide bonds. The zero-order chi connectivity index (χ0) is 16.8. The first-order chi connectivity index (χ1) is 12.3. The van der Waals surface area contributed by atoms with Gasteiger partial charge < -0.3 is 14.5 Å². The maximum atomic E-state index is 13.2. The number of aromatic nitrogens is 1. The Kier molecular flexibility index (Phi) is 3.30. The van der Waals surface area contributed by atoms with Gasteiger partial charge in [0.2, 0.25) is 6.79 Å². The quantitative estimate of drug-likeness (QED) is 0.551. The molecule has 1 aromatic heterocycles. The molecule has 1 unspecified atom stereocenters. The average molecular weight is 333 g/mol. The van der Waals surface area contributed by atoms with E-state index in [1.165, 1.54) is 5.69 Å². The van der Waals surface area contributed by atoms with Crippen LogP contribution in [0.25, 0.3) is 10.9 Å². The fourth-order valence-corrected chi connectivity index (χ4v) is 4.12. The maximum absolute atomic E-state index is 13.2. The van der Waals surface area contributed by atoms with Gasteiger partial charge in [0.05, 0.1) is 0 Å². The minimum atomic E-state index is -0.103. The van der Waals surface area contributed by atoms with Crippen LogP contribution in [0, 0.1) is 0 Å². The number of aromatic amines is 1. The van der Waals surface area contributed by atoms with Crippen molar-refractivity contribution in [3.63, 3.8) is 0 Å². The van der Waals surface area contributed by atoms with Crippen molar-refractivity contribution in [1.29, 1.82) is 0 Å². The summed E-state index contributed by atoms with van der Waals surface area (Å²) >= 11 is 0. The van der Waals surface area contributed by atoms with Gasteiger partial charge >= 0.3 is 0 Å². The first-order valence-electron chi connectivity index (χ1n) is 8.84. The number of aryl methyl sites for hydroxylation is 1. The van der Waals surface area contributed by atoms with E-state index in [9.17, 15) is 4.79 Å². The van der Waals surface area contributed by atoms with Crippen LogP contribution < -0.4 is 9.47 Å². The van der Waals surface area contributed by atoms with Crippen LogP contribution in [0.3, 0.4) is 0 Å². The van der Waals surface area contributed by atoms with Crippen LogP contribution in [0.4, 0.5) is 0 Å². The molecule has 25 heavy (non-hydrogen) atoms. The van der Waals surface area contributed by atoms with Crippen molar-refractivity contribution in [3.05, 3.63) is 59.3 Å². The third-order valence-corrected chi connectivity index (χ3v) is 5.31. The normalized spacial score (nSPS) is 18.8. The van der Waals surface area contributed by atoms with Crippen molar-refractivity contribution in [2.75, 3.05) is 6.79 Å². The van der Waals surface area contributed by atoms with Crippen molar-refractivity contribution >= 4 is 16.7 Å². The summed E-state index contributed by atoms with van der Waals surface area (Å²) in [6, 6.07) is 13.7. The van der Waals surface area contributed by atoms with Crippen molar-refractivity contribution in [2.45, 2.75) is 31.6 Å². The molecule has 0 saturated heterocycles. The van der Waals surface area contributed by atoms with Gasteiger partial charge in [-0.05, 0) is 30.9 Å². The Labute approximate surface area is 145 Å². The van der Waals surface area contributed by atoms with Crippen LogP contribution in [0.5, 0.6) is 11.5 Å². The number of hydrogen-bond acceptors (Lipinski definition) is 3. The van der Waals surface area contributed by atoms with E-state index in [2.05, 4.69) is 4.98 Å². The van der Waals surface area contributed by atoms with Crippen molar-refractivity contribution in [3.8, 4) is 11.5 Å². The number of Topliss-reactive ketones (excluding diaryl/α,β-unsaturated/α-hetero) is 1. The molecule has 2 aromatic carbocycles. The van der Waals surface area contributed by atoms with Crippen molar-refractivity contribution in [1.82, 2.24) is 4.98 Å². The van der Waals surface area contributed by atoms with Gasteiger partial charge in [0.25, 0.3) is 0 Å². The lowest BCUT2D eigenvalue weighted by molar-refractivity contribution is 0.0955. The van der Waals surface area contributed by atoms with Gasteiger partial charge in [-0.3, -0.25) is 4.79 Å². The number of hydrogen-bond donors (Lipinski definition) is 1. The molecule has 1 atom stereocenters. The minimum absolute atomic E-state index is 0.103. The molecule has 0 bridgehead atoms. The van der Waals surface area contributed by atoms with Gasteiger partial charge in [-0.2, -0.15) is 0 Å². The lowest BCUT2D eigenvalue weighted by Crippen LogP contribution is -2.13. The molecule has 0 spiro atoms. The summed E-state index contributed by atoms with van der Waals surface area (Å²) in [5, 5.41) is 1.09. The molecule has 5 rings (SSSR count). The Morgan fingerprint density at radius 3 is 2.68 bits per heavy atom. The molecular formula is C21H19NO3. The molecule has 3 aromatic rings. The van der Waals surface area contributed by atoms with E-state index in [-0.39, 0.29) is 18.5 Å². The molecule has 126 valence electrons. The predicted octanol–water partition coefficient (Wildman–Crippen LogP) is 4.59. The molecule has 0 fully saturated rings. The highest BCUT2D eigenvalue weighted by molar-refractivity contribution is 6.04. The van der Waals surface area contributed by atoms with Crippen molar-refractivity contribution < 1.29 is 14.3 Å². The first kappa shape index (κ1) is 14.6. The molecular weight excluding hydrogens is 314 g/mol. The van der Waals surface area contributed by atoms with E-state index in [0.29, 0.717) is 0 Å². The fourth-order valence-electron chi connectivity index (χ4n) is 4.12. The summed E-state index contributed by atoms with van der Waals surface area (Å²) in [6.45, 7) is 0.260. The fraction of sp³-hybridized carbons (Fsp3) is 0.286. The highest BCUT2D eigenvalue weighted by Crippen LogP contribution is 2.43. The van der Waals surface area contributed by atoms with Crippen LogP contribution >= 0.6 is 0 Å². The molecule has 0 saturated carbocycles. The Hall–Kier alpha value is -2.75. The average Bonchev–Trinajstić information content (AvgIpc) is 3.17. The molecule has 0 radical (unpaired) electrons. The lowest BCUT2D eigenvalue weighted by Gasteiger charge is -2.15. The first-order valence-corrected chi connectivity index (χ1v) is 8.84. The highest BCUT2D eigenvalue weighted by atomic mass is 16.7. The molecule has 2 aliphatic rings. The topological polar surface area (TPSA) is 51.3 Å². The smallest absolute Gasteiger partial charge is 0.231 e. The van der Waals surface area contributed by atoms with Gasteiger partial charge in [-0.25, -0.2) is 0 Å². The van der Waals surface area contributed by atoms with Crippen LogP contribution in [-0.4, -0.2) is 17.6 Å². The van der Waals surface area contributed by atoms with E-state index in [4.69, 9.17) is 9.47 Å². The molecule has 4 nitrogen and oxygen atoms in total. The van der Waals surface area contributed by atoms with Crippen molar-refractivity contribution in [2.24, 2.45) is 0 Å². The minimum Gasteiger partial charge on any atom is -0.454 e. The number of H-pyrrole nitrogens is 1. The SMILES string of the molecule is O=C(c1ccccc1)C1CCCCc2[nH]c3cc4c(cc3c21)OCO4. The van der Waals surface area contributed by atoms with Crippen LogP contribution in [0.15, 0.2) is 42.5 Å². The molecule has 2 heterocycles. The molecule has 1 aliphatic carbocycles. The van der Waals surface area contributed by atoms with Crippen LogP contribution in [0.2, 0.25) is 0 Å². The highest BCUT2D eigenvalue weighted by Gasteiger charge is 2.30. The third-order valence-electron chi connectivity index (χ3n) is 5.31. The molecule has 4 heteroatoms. The number of ether oxygens (including phenoxy) is 2. The maximum Gasteiger partial charge on any atom is 0.231 e. The monoisotopic (exact) mass is 333 g/mol. The summed E-state index contributed by atoms with van der Waals surface area (Å²) in [4.78, 5) is 16.8. The van der Waals surface area contributed by atoms with Crippen LogP contribution in [0.1, 0.15) is 46.8 Å². The van der Waals surface area contributed by atoms with Gasteiger partial charge in [0, 0.05) is 34.1 Å². The number of fused-ring (bicyclic) bond motifs is 4. The second-order valence-electron chi connectivity index (χ2n) is 6.80. The van der Waals surface area contributed by atoms with E-state index in [1.807, 2.05) is 42.5 Å². The number of carbonyl (C=O) groups excluding carboxylic acids is 1. The Balaban J connectivity index is 1.68. The summed E-state index contributed by atoms with van der Waals surface area (Å²) in [5.74, 6) is 1.65. The summed E-state index contributed by atoms with van der Waals surface area (Å²) < 4.78 is 11.1. The lowest BCUT2D eigenvalue weighted by atomic mass is 9.86. The van der Waals surface area contributed by atoms with E-state index < -0.39 is 0 Å². The largest absolute Gasteiger partial charge is 0.454 e. The van der Waals surface area contributed by atoms with Crippen LogP contribution in [-0.2, 0) is 6.42 Å².